The van der Waals surface area contributed by atoms with Gasteiger partial charge >= 0.3 is 5.97 Å². The number of ether oxygens (including phenoxy) is 1. The van der Waals surface area contributed by atoms with Gasteiger partial charge in [0.2, 0.25) is 0 Å². The molecule has 0 amide bonds. The Kier molecular flexibility index (Phi) is 6.48. The van der Waals surface area contributed by atoms with E-state index in [-0.39, 0.29) is 5.97 Å². The molecule has 0 radical (unpaired) electrons. The Bertz CT molecular complexity index is 371. The molecule has 0 aliphatic carbocycles. The molecule has 2 heteroatoms. The van der Waals surface area contributed by atoms with Crippen LogP contribution in [-0.4, -0.2) is 12.6 Å². The third-order valence-corrected chi connectivity index (χ3v) is 3.36. The van der Waals surface area contributed by atoms with Gasteiger partial charge in [0.25, 0.3) is 0 Å². The van der Waals surface area contributed by atoms with Crippen LogP contribution in [-0.2, 0) is 4.74 Å². The Labute approximate surface area is 110 Å². The SMILES string of the molecule is CCCCC(CC)COC(=O)c1ccccc1C. The molecule has 0 bridgehead atoms. The number of hydrogen-bond acceptors (Lipinski definition) is 2. The molecule has 0 saturated heterocycles. The zero-order valence-corrected chi connectivity index (χ0v) is 11.7. The number of esters is 1. The lowest BCUT2D eigenvalue weighted by molar-refractivity contribution is 0.0427. The molecule has 0 aliphatic rings. The van der Waals surface area contributed by atoms with Crippen molar-refractivity contribution in [1.29, 1.82) is 0 Å². The molecule has 1 atom stereocenters. The van der Waals surface area contributed by atoms with E-state index in [1.807, 2.05) is 31.2 Å². The molecule has 0 saturated carbocycles. The number of rotatable bonds is 7. The molecule has 1 aromatic carbocycles. The Balaban J connectivity index is 2.47. The highest BCUT2D eigenvalue weighted by Gasteiger charge is 2.13. The van der Waals surface area contributed by atoms with E-state index in [4.69, 9.17) is 4.74 Å². The average Bonchev–Trinajstić information content (AvgIpc) is 2.39. The number of unbranched alkanes of at least 4 members (excludes halogenated alkanes) is 1. The van der Waals surface area contributed by atoms with Crippen molar-refractivity contribution in [2.75, 3.05) is 6.61 Å². The topological polar surface area (TPSA) is 26.3 Å². The number of benzene rings is 1. The van der Waals surface area contributed by atoms with Crippen LogP contribution >= 0.6 is 0 Å². The van der Waals surface area contributed by atoms with Gasteiger partial charge in [-0.25, -0.2) is 4.79 Å². The van der Waals surface area contributed by atoms with Gasteiger partial charge in [0.05, 0.1) is 12.2 Å². The van der Waals surface area contributed by atoms with Gasteiger partial charge in [-0.3, -0.25) is 0 Å². The molecule has 0 spiro atoms. The minimum atomic E-state index is -0.192. The van der Waals surface area contributed by atoms with Crippen molar-refractivity contribution in [3.8, 4) is 0 Å². The van der Waals surface area contributed by atoms with Crippen LogP contribution in [0.3, 0.4) is 0 Å². The maximum absolute atomic E-state index is 11.9. The van der Waals surface area contributed by atoms with Gasteiger partial charge in [0, 0.05) is 0 Å². The summed E-state index contributed by atoms with van der Waals surface area (Å²) in [6.07, 6.45) is 4.62. The van der Waals surface area contributed by atoms with E-state index >= 15 is 0 Å². The quantitative estimate of drug-likeness (QED) is 0.670. The van der Waals surface area contributed by atoms with Crippen LogP contribution in [0.1, 0.15) is 55.5 Å². The molecule has 0 fully saturated rings. The van der Waals surface area contributed by atoms with Crippen LogP contribution in [0, 0.1) is 12.8 Å². The van der Waals surface area contributed by atoms with Crippen molar-refractivity contribution < 1.29 is 9.53 Å². The smallest absolute Gasteiger partial charge is 0.338 e. The zero-order valence-electron chi connectivity index (χ0n) is 11.7. The fourth-order valence-corrected chi connectivity index (χ4v) is 1.97. The van der Waals surface area contributed by atoms with Crippen LogP contribution in [0.4, 0.5) is 0 Å². The van der Waals surface area contributed by atoms with E-state index in [2.05, 4.69) is 13.8 Å². The Morgan fingerprint density at radius 3 is 2.61 bits per heavy atom. The Hall–Kier alpha value is -1.31. The second-order valence-electron chi connectivity index (χ2n) is 4.83. The van der Waals surface area contributed by atoms with Crippen molar-refractivity contribution in [3.05, 3.63) is 35.4 Å². The van der Waals surface area contributed by atoms with Crippen molar-refractivity contribution in [3.63, 3.8) is 0 Å². The monoisotopic (exact) mass is 248 g/mol. The molecule has 2 nitrogen and oxygen atoms in total. The van der Waals surface area contributed by atoms with Gasteiger partial charge in [-0.1, -0.05) is 51.3 Å². The highest BCUT2D eigenvalue weighted by atomic mass is 16.5. The summed E-state index contributed by atoms with van der Waals surface area (Å²) in [5.41, 5.74) is 1.66. The molecule has 1 aromatic rings. The summed E-state index contributed by atoms with van der Waals surface area (Å²) in [6, 6.07) is 7.57. The zero-order chi connectivity index (χ0) is 13.4. The second-order valence-corrected chi connectivity index (χ2v) is 4.83. The summed E-state index contributed by atoms with van der Waals surface area (Å²) in [7, 11) is 0. The third-order valence-electron chi connectivity index (χ3n) is 3.36. The van der Waals surface area contributed by atoms with E-state index in [0.717, 1.165) is 18.4 Å². The molecule has 1 unspecified atom stereocenters. The van der Waals surface area contributed by atoms with Crippen LogP contribution in [0.25, 0.3) is 0 Å². The first-order chi connectivity index (χ1) is 8.69. The van der Waals surface area contributed by atoms with Crippen molar-refractivity contribution in [1.82, 2.24) is 0 Å². The fraction of sp³-hybridized carbons (Fsp3) is 0.562. The first-order valence-corrected chi connectivity index (χ1v) is 6.91. The molecule has 0 aliphatic heterocycles. The van der Waals surface area contributed by atoms with Crippen molar-refractivity contribution in [2.24, 2.45) is 5.92 Å². The molecule has 0 heterocycles. The van der Waals surface area contributed by atoms with Crippen LogP contribution in [0.2, 0.25) is 0 Å². The predicted molar refractivity (Wildman–Crippen MR) is 74.8 cm³/mol. The summed E-state index contributed by atoms with van der Waals surface area (Å²) >= 11 is 0. The highest BCUT2D eigenvalue weighted by Crippen LogP contribution is 2.15. The van der Waals surface area contributed by atoms with Crippen LogP contribution in [0.5, 0.6) is 0 Å². The standard InChI is InChI=1S/C16H24O2/c1-4-6-10-14(5-2)12-18-16(17)15-11-8-7-9-13(15)3/h7-9,11,14H,4-6,10,12H2,1-3H3. The molecular weight excluding hydrogens is 224 g/mol. The minimum Gasteiger partial charge on any atom is -0.462 e. The van der Waals surface area contributed by atoms with Gasteiger partial charge in [-0.2, -0.15) is 0 Å². The van der Waals surface area contributed by atoms with Gasteiger partial charge in [-0.05, 0) is 30.9 Å². The summed E-state index contributed by atoms with van der Waals surface area (Å²) in [6.45, 7) is 6.82. The highest BCUT2D eigenvalue weighted by molar-refractivity contribution is 5.90. The number of aryl methyl sites for hydroxylation is 1. The van der Waals surface area contributed by atoms with Gasteiger partial charge in [0.15, 0.2) is 0 Å². The van der Waals surface area contributed by atoms with Gasteiger partial charge in [-0.15, -0.1) is 0 Å². The lowest BCUT2D eigenvalue weighted by atomic mass is 10.0. The van der Waals surface area contributed by atoms with E-state index in [0.29, 0.717) is 18.1 Å². The van der Waals surface area contributed by atoms with Crippen LogP contribution in [0.15, 0.2) is 24.3 Å². The summed E-state index contributed by atoms with van der Waals surface area (Å²) in [5.74, 6) is 0.306. The third kappa shape index (κ3) is 4.52. The summed E-state index contributed by atoms with van der Waals surface area (Å²) in [4.78, 5) is 11.9. The maximum Gasteiger partial charge on any atom is 0.338 e. The first-order valence-electron chi connectivity index (χ1n) is 6.91. The van der Waals surface area contributed by atoms with Crippen LogP contribution < -0.4 is 0 Å². The maximum atomic E-state index is 11.9. The minimum absolute atomic E-state index is 0.192. The molecule has 0 aromatic heterocycles. The molecule has 1 rings (SSSR count). The number of carbonyl (C=O) groups excluding carboxylic acids is 1. The van der Waals surface area contributed by atoms with Crippen molar-refractivity contribution in [2.45, 2.75) is 46.5 Å². The molecule has 18 heavy (non-hydrogen) atoms. The van der Waals surface area contributed by atoms with Gasteiger partial charge < -0.3 is 4.74 Å². The first kappa shape index (κ1) is 14.7. The average molecular weight is 248 g/mol. The predicted octanol–water partition coefficient (Wildman–Crippen LogP) is 4.37. The number of hydrogen-bond donors (Lipinski definition) is 0. The lowest BCUT2D eigenvalue weighted by Crippen LogP contribution is -2.14. The van der Waals surface area contributed by atoms with E-state index < -0.39 is 0 Å². The van der Waals surface area contributed by atoms with E-state index in [9.17, 15) is 4.79 Å². The summed E-state index contributed by atoms with van der Waals surface area (Å²) in [5, 5.41) is 0. The Morgan fingerprint density at radius 1 is 1.28 bits per heavy atom. The van der Waals surface area contributed by atoms with E-state index in [1.165, 1.54) is 12.8 Å². The lowest BCUT2D eigenvalue weighted by Gasteiger charge is -2.15. The molecule has 0 N–H and O–H groups in total. The molecular formula is C16H24O2. The van der Waals surface area contributed by atoms with Crippen molar-refractivity contribution >= 4 is 5.97 Å². The van der Waals surface area contributed by atoms with Gasteiger partial charge in [0.1, 0.15) is 0 Å². The molecule has 100 valence electrons. The van der Waals surface area contributed by atoms with E-state index in [1.54, 1.807) is 0 Å². The fourth-order valence-electron chi connectivity index (χ4n) is 1.97. The largest absolute Gasteiger partial charge is 0.462 e. The number of carbonyl (C=O) groups is 1. The summed E-state index contributed by atoms with van der Waals surface area (Å²) < 4.78 is 5.42. The normalized spacial score (nSPS) is 12.2. The Morgan fingerprint density at radius 2 is 2.00 bits per heavy atom. The second kappa shape index (κ2) is 7.91.